The summed E-state index contributed by atoms with van der Waals surface area (Å²) in [7, 11) is 1.81. The number of fused-ring (bicyclic) bond motifs is 2. The predicted molar refractivity (Wildman–Crippen MR) is 129 cm³/mol. The zero-order valence-electron chi connectivity index (χ0n) is 19.7. The molecule has 0 aliphatic heterocycles. The monoisotopic (exact) mass is 490 g/mol. The van der Waals surface area contributed by atoms with Gasteiger partial charge in [0, 0.05) is 29.8 Å². The lowest BCUT2D eigenvalue weighted by molar-refractivity contribution is 0.109. The number of carbonyl (C=O) groups excluding carboxylic acids is 1. The number of rotatable bonds is 4. The van der Waals surface area contributed by atoms with Gasteiger partial charge in [0.25, 0.3) is 0 Å². The molecular weight excluding hydrogens is 466 g/mol. The van der Waals surface area contributed by atoms with E-state index in [1.54, 1.807) is 15.6 Å². The summed E-state index contributed by atoms with van der Waals surface area (Å²) in [4.78, 5) is 13.2. The molecule has 6 rings (SSSR count). The Bertz CT molecular complexity index is 1490. The van der Waals surface area contributed by atoms with Gasteiger partial charge >= 0.3 is 6.03 Å². The summed E-state index contributed by atoms with van der Waals surface area (Å²) < 4.78 is 31.4. The molecule has 8 nitrogen and oxygen atoms in total. The summed E-state index contributed by atoms with van der Waals surface area (Å²) in [6, 6.07) is 10.1. The first-order valence-corrected chi connectivity index (χ1v) is 11.7. The van der Waals surface area contributed by atoms with Crippen molar-refractivity contribution in [3.8, 4) is 16.9 Å². The molecule has 10 heteroatoms. The molecule has 2 aromatic carbocycles. The highest BCUT2D eigenvalue weighted by molar-refractivity contribution is 5.91. The number of para-hydroxylation sites is 1. The van der Waals surface area contributed by atoms with Crippen molar-refractivity contribution in [3.63, 3.8) is 0 Å². The van der Waals surface area contributed by atoms with Crippen LogP contribution in [0.15, 0.2) is 54.9 Å². The molecule has 2 amide bonds. The van der Waals surface area contributed by atoms with Gasteiger partial charge in [0.2, 0.25) is 0 Å². The van der Waals surface area contributed by atoms with Crippen LogP contribution >= 0.6 is 0 Å². The SMILES string of the molecule is Cc1c(-c2cnn(C)c2)nn(-c2ccccc2)c1NC(=O)N[C@@H]1c2cc(F)c(F)cc2C2(CC2)C1O. The van der Waals surface area contributed by atoms with Gasteiger partial charge in [0.1, 0.15) is 11.5 Å². The number of halogens is 2. The maximum atomic E-state index is 14.1. The Morgan fingerprint density at radius 2 is 1.89 bits per heavy atom. The fourth-order valence-electron chi connectivity index (χ4n) is 5.26. The number of hydrogen-bond donors (Lipinski definition) is 3. The molecule has 0 radical (unpaired) electrons. The molecule has 0 saturated heterocycles. The predicted octanol–water partition coefficient (Wildman–Crippen LogP) is 4.13. The van der Waals surface area contributed by atoms with E-state index in [-0.39, 0.29) is 0 Å². The largest absolute Gasteiger partial charge is 0.390 e. The Balaban J connectivity index is 1.34. The van der Waals surface area contributed by atoms with Crippen LogP contribution in [0.3, 0.4) is 0 Å². The third-order valence-corrected chi connectivity index (χ3v) is 7.25. The van der Waals surface area contributed by atoms with Crippen LogP contribution in [0.1, 0.15) is 35.6 Å². The fourth-order valence-corrected chi connectivity index (χ4v) is 5.26. The standard InChI is InChI=1S/C26H24F2N6O2/c1-14-21(15-12-29-33(2)13-15)32-34(16-6-4-3-5-7-16)24(14)31-25(36)30-22-17-10-19(27)20(28)11-18(17)26(8-9-26)23(22)35/h3-7,10-13,22-23,35H,8-9H2,1-2H3,(H2,30,31,36)/t22-,23?/m1/s1. The van der Waals surface area contributed by atoms with E-state index < -0.39 is 35.2 Å². The van der Waals surface area contributed by atoms with Crippen LogP contribution in [0, 0.1) is 18.6 Å². The smallest absolute Gasteiger partial charge is 0.320 e. The molecule has 184 valence electrons. The summed E-state index contributed by atoms with van der Waals surface area (Å²) in [5, 5.41) is 25.6. The number of hydrogen-bond acceptors (Lipinski definition) is 4. The van der Waals surface area contributed by atoms with Crippen molar-refractivity contribution in [2.24, 2.45) is 7.05 Å². The van der Waals surface area contributed by atoms with Crippen molar-refractivity contribution >= 4 is 11.8 Å². The highest BCUT2D eigenvalue weighted by atomic mass is 19.2. The van der Waals surface area contributed by atoms with Crippen molar-refractivity contribution in [1.82, 2.24) is 24.9 Å². The van der Waals surface area contributed by atoms with Crippen LogP contribution in [-0.4, -0.2) is 36.8 Å². The lowest BCUT2D eigenvalue weighted by Crippen LogP contribution is -2.39. The Kier molecular flexibility index (Phi) is 4.97. The Labute approximate surface area is 205 Å². The highest BCUT2D eigenvalue weighted by Gasteiger charge is 2.59. The van der Waals surface area contributed by atoms with E-state index in [9.17, 15) is 18.7 Å². The molecule has 2 atom stereocenters. The van der Waals surface area contributed by atoms with Crippen molar-refractivity contribution in [3.05, 3.63) is 83.2 Å². The van der Waals surface area contributed by atoms with Gasteiger partial charge in [-0.3, -0.25) is 10.00 Å². The molecular formula is C26H24F2N6O2. The van der Waals surface area contributed by atoms with Crippen LogP contribution in [-0.2, 0) is 12.5 Å². The van der Waals surface area contributed by atoms with Crippen molar-refractivity contribution < 1.29 is 18.7 Å². The minimum atomic E-state index is -1.01. The molecule has 2 heterocycles. The van der Waals surface area contributed by atoms with Gasteiger partial charge in [0.15, 0.2) is 11.6 Å². The van der Waals surface area contributed by atoms with Crippen LogP contribution in [0.5, 0.6) is 0 Å². The quantitative estimate of drug-likeness (QED) is 0.401. The number of carbonyl (C=O) groups is 1. The van der Waals surface area contributed by atoms with E-state index in [4.69, 9.17) is 5.10 Å². The van der Waals surface area contributed by atoms with Gasteiger partial charge in [-0.05, 0) is 55.2 Å². The number of aryl methyl sites for hydroxylation is 1. The first-order valence-electron chi connectivity index (χ1n) is 11.7. The molecule has 3 N–H and O–H groups in total. The molecule has 1 fully saturated rings. The number of anilines is 1. The van der Waals surface area contributed by atoms with Gasteiger partial charge in [-0.15, -0.1) is 0 Å². The Hall–Kier alpha value is -4.05. The minimum absolute atomic E-state index is 0.401. The number of urea groups is 1. The van der Waals surface area contributed by atoms with Crippen LogP contribution in [0.2, 0.25) is 0 Å². The van der Waals surface area contributed by atoms with Gasteiger partial charge in [-0.1, -0.05) is 18.2 Å². The number of benzene rings is 2. The topological polar surface area (TPSA) is 97.0 Å². The van der Waals surface area contributed by atoms with Gasteiger partial charge in [-0.25, -0.2) is 18.3 Å². The number of aliphatic hydroxyl groups is 1. The molecule has 1 saturated carbocycles. The van der Waals surface area contributed by atoms with E-state index in [1.165, 1.54) is 0 Å². The van der Waals surface area contributed by atoms with Crippen molar-refractivity contribution in [2.45, 2.75) is 37.3 Å². The van der Waals surface area contributed by atoms with E-state index >= 15 is 0 Å². The zero-order valence-corrected chi connectivity index (χ0v) is 19.7. The van der Waals surface area contributed by atoms with Crippen molar-refractivity contribution in [2.75, 3.05) is 5.32 Å². The molecule has 1 spiro atoms. The molecule has 2 aliphatic rings. The zero-order chi connectivity index (χ0) is 25.2. The first-order chi connectivity index (χ1) is 17.3. The Morgan fingerprint density at radius 1 is 1.17 bits per heavy atom. The lowest BCUT2D eigenvalue weighted by atomic mass is 9.96. The molecule has 1 unspecified atom stereocenters. The van der Waals surface area contributed by atoms with Crippen molar-refractivity contribution in [1.29, 1.82) is 0 Å². The van der Waals surface area contributed by atoms with Crippen LogP contribution in [0.4, 0.5) is 19.4 Å². The molecule has 4 aromatic rings. The average molecular weight is 491 g/mol. The second kappa shape index (κ2) is 7.99. The fraction of sp³-hybridized carbons (Fsp3) is 0.269. The Morgan fingerprint density at radius 3 is 2.56 bits per heavy atom. The number of aliphatic hydroxyl groups excluding tert-OH is 1. The third-order valence-electron chi connectivity index (χ3n) is 7.25. The average Bonchev–Trinajstić information content (AvgIpc) is 3.41. The second-order valence-corrected chi connectivity index (χ2v) is 9.50. The summed E-state index contributed by atoms with van der Waals surface area (Å²) >= 11 is 0. The maximum Gasteiger partial charge on any atom is 0.320 e. The van der Waals surface area contributed by atoms with E-state index in [1.807, 2.05) is 50.5 Å². The van der Waals surface area contributed by atoms with E-state index in [0.29, 0.717) is 35.5 Å². The molecule has 2 aliphatic carbocycles. The number of nitrogens with one attached hydrogen (secondary N) is 2. The minimum Gasteiger partial charge on any atom is -0.390 e. The third kappa shape index (κ3) is 3.40. The van der Waals surface area contributed by atoms with E-state index in [2.05, 4.69) is 15.7 Å². The summed E-state index contributed by atoms with van der Waals surface area (Å²) in [5.41, 5.74) is 3.23. The van der Waals surface area contributed by atoms with Gasteiger partial charge in [-0.2, -0.15) is 10.2 Å². The maximum absolute atomic E-state index is 14.1. The summed E-state index contributed by atoms with van der Waals surface area (Å²) in [5.74, 6) is -1.52. The molecule has 36 heavy (non-hydrogen) atoms. The van der Waals surface area contributed by atoms with Gasteiger partial charge in [0.05, 0.1) is 24.0 Å². The van der Waals surface area contributed by atoms with Crippen LogP contribution in [0.25, 0.3) is 16.9 Å². The molecule has 0 bridgehead atoms. The lowest BCUT2D eigenvalue weighted by Gasteiger charge is -2.21. The number of aromatic nitrogens is 4. The number of amides is 2. The highest BCUT2D eigenvalue weighted by Crippen LogP contribution is 2.60. The summed E-state index contributed by atoms with van der Waals surface area (Å²) in [6.45, 7) is 1.85. The van der Waals surface area contributed by atoms with Crippen LogP contribution < -0.4 is 10.6 Å². The van der Waals surface area contributed by atoms with Gasteiger partial charge < -0.3 is 10.4 Å². The molecule has 2 aromatic heterocycles. The summed E-state index contributed by atoms with van der Waals surface area (Å²) in [6.07, 6.45) is 3.86. The second-order valence-electron chi connectivity index (χ2n) is 9.50. The normalized spacial score (nSPS) is 19.4. The number of nitrogens with zero attached hydrogens (tertiary/aromatic N) is 4. The first kappa shape index (κ1) is 22.4. The van der Waals surface area contributed by atoms with E-state index in [0.717, 1.165) is 28.9 Å².